The van der Waals surface area contributed by atoms with Crippen molar-refractivity contribution in [2.24, 2.45) is 5.92 Å². The zero-order valence-corrected chi connectivity index (χ0v) is 19.6. The van der Waals surface area contributed by atoms with E-state index in [4.69, 9.17) is 0 Å². The Morgan fingerprint density at radius 1 is 1.06 bits per heavy atom. The highest BCUT2D eigenvalue weighted by Gasteiger charge is 2.57. The second-order valence-corrected chi connectivity index (χ2v) is 10.9. The van der Waals surface area contributed by atoms with Crippen LogP contribution in [0, 0.1) is 5.92 Å². The van der Waals surface area contributed by atoms with Crippen LogP contribution in [0.4, 0.5) is 0 Å². The van der Waals surface area contributed by atoms with E-state index >= 15 is 0 Å². The van der Waals surface area contributed by atoms with Crippen molar-refractivity contribution in [1.82, 2.24) is 15.5 Å². The van der Waals surface area contributed by atoms with Crippen LogP contribution in [-0.2, 0) is 16.1 Å². The van der Waals surface area contributed by atoms with Crippen LogP contribution in [0.25, 0.3) is 0 Å². The minimum Gasteiger partial charge on any atom is -0.350 e. The molecule has 1 saturated heterocycles. The Hall–Kier alpha value is -2.80. The molecular formula is C25H29N3O3S. The molecule has 6 nitrogen and oxygen atoms in total. The second-order valence-electron chi connectivity index (χ2n) is 9.21. The van der Waals surface area contributed by atoms with Crippen LogP contribution < -0.4 is 10.6 Å². The van der Waals surface area contributed by atoms with Gasteiger partial charge in [-0.15, -0.1) is 11.8 Å². The lowest BCUT2D eigenvalue weighted by atomic mass is 9.98. The Kier molecular flexibility index (Phi) is 6.03. The molecule has 168 valence electrons. The van der Waals surface area contributed by atoms with E-state index in [0.29, 0.717) is 12.1 Å². The topological polar surface area (TPSA) is 78.5 Å². The van der Waals surface area contributed by atoms with Gasteiger partial charge in [0.2, 0.25) is 11.8 Å². The fraction of sp³-hybridized carbons (Fsp3) is 0.400. The van der Waals surface area contributed by atoms with E-state index in [2.05, 4.69) is 10.6 Å². The average molecular weight is 452 g/mol. The lowest BCUT2D eigenvalue weighted by Crippen LogP contribution is -2.58. The van der Waals surface area contributed by atoms with Crippen LogP contribution >= 0.6 is 11.8 Å². The predicted octanol–water partition coefficient (Wildman–Crippen LogP) is 3.49. The molecular weight excluding hydrogens is 422 g/mol. The van der Waals surface area contributed by atoms with Crippen molar-refractivity contribution < 1.29 is 14.4 Å². The highest BCUT2D eigenvalue weighted by molar-refractivity contribution is 8.01. The van der Waals surface area contributed by atoms with Gasteiger partial charge in [0.25, 0.3) is 5.91 Å². The molecule has 2 aromatic carbocycles. The summed E-state index contributed by atoms with van der Waals surface area (Å²) < 4.78 is -0.486. The zero-order chi connectivity index (χ0) is 23.0. The maximum Gasteiger partial charge on any atom is 0.256 e. The largest absolute Gasteiger partial charge is 0.350 e. The van der Waals surface area contributed by atoms with Crippen LogP contribution in [0.5, 0.6) is 0 Å². The van der Waals surface area contributed by atoms with Gasteiger partial charge in [0, 0.05) is 16.9 Å². The average Bonchev–Trinajstić information content (AvgIpc) is 3.20. The van der Waals surface area contributed by atoms with Crippen molar-refractivity contribution in [3.8, 4) is 0 Å². The van der Waals surface area contributed by atoms with E-state index in [1.165, 1.54) is 0 Å². The molecule has 0 aromatic heterocycles. The third-order valence-corrected chi connectivity index (χ3v) is 7.64. The van der Waals surface area contributed by atoms with E-state index in [1.807, 2.05) is 82.3 Å². The maximum atomic E-state index is 13.5. The number of nitrogens with one attached hydrogen (secondary N) is 2. The number of amides is 3. The highest BCUT2D eigenvalue weighted by Crippen LogP contribution is 2.56. The van der Waals surface area contributed by atoms with Crippen LogP contribution in [0.2, 0.25) is 0 Å². The zero-order valence-electron chi connectivity index (χ0n) is 18.8. The molecule has 2 aliphatic heterocycles. The van der Waals surface area contributed by atoms with Gasteiger partial charge in [-0.1, -0.05) is 62.4 Å². The van der Waals surface area contributed by atoms with Gasteiger partial charge in [0.1, 0.15) is 17.5 Å². The molecule has 2 aromatic rings. The number of fused-ring (bicyclic) bond motifs is 3. The van der Waals surface area contributed by atoms with Gasteiger partial charge < -0.3 is 15.5 Å². The molecule has 0 bridgehead atoms. The van der Waals surface area contributed by atoms with E-state index in [1.54, 1.807) is 16.7 Å². The monoisotopic (exact) mass is 451 g/mol. The van der Waals surface area contributed by atoms with Gasteiger partial charge in [0.15, 0.2) is 0 Å². The quantitative estimate of drug-likeness (QED) is 0.705. The summed E-state index contributed by atoms with van der Waals surface area (Å²) in [4.78, 5) is 41.3. The SMILES string of the molecule is CC(C)C(NC(=O)C1N2C(=O)c3ccccc3C2SC1(C)C)C(=O)NCc1ccccc1. The predicted molar refractivity (Wildman–Crippen MR) is 126 cm³/mol. The van der Waals surface area contributed by atoms with Gasteiger partial charge in [-0.3, -0.25) is 14.4 Å². The van der Waals surface area contributed by atoms with Crippen LogP contribution in [0.15, 0.2) is 54.6 Å². The molecule has 0 aliphatic carbocycles. The summed E-state index contributed by atoms with van der Waals surface area (Å²) in [5.74, 6) is -0.749. The van der Waals surface area contributed by atoms with Gasteiger partial charge >= 0.3 is 0 Å². The molecule has 1 fully saturated rings. The Labute approximate surface area is 193 Å². The number of rotatable bonds is 6. The number of hydrogen-bond acceptors (Lipinski definition) is 4. The Balaban J connectivity index is 1.51. The van der Waals surface area contributed by atoms with Crippen molar-refractivity contribution in [1.29, 1.82) is 0 Å². The van der Waals surface area contributed by atoms with Crippen LogP contribution in [-0.4, -0.2) is 39.5 Å². The maximum absolute atomic E-state index is 13.5. The third-order valence-electron chi connectivity index (χ3n) is 6.10. The van der Waals surface area contributed by atoms with Crippen molar-refractivity contribution in [3.63, 3.8) is 0 Å². The molecule has 3 unspecified atom stereocenters. The minimum atomic E-state index is -0.689. The van der Waals surface area contributed by atoms with E-state index in [-0.39, 0.29) is 29.0 Å². The Bertz CT molecular complexity index is 1040. The fourth-order valence-corrected chi connectivity index (χ4v) is 6.06. The molecule has 3 atom stereocenters. The third kappa shape index (κ3) is 4.01. The number of carbonyl (C=O) groups excluding carboxylic acids is 3. The van der Waals surface area contributed by atoms with Crippen molar-refractivity contribution in [3.05, 3.63) is 71.3 Å². The number of hydrogen-bond donors (Lipinski definition) is 2. The smallest absolute Gasteiger partial charge is 0.256 e. The minimum absolute atomic E-state index is 0.103. The molecule has 0 spiro atoms. The normalized spacial score (nSPS) is 21.8. The lowest BCUT2D eigenvalue weighted by molar-refractivity contribution is -0.132. The molecule has 7 heteroatoms. The van der Waals surface area contributed by atoms with E-state index < -0.39 is 16.8 Å². The Morgan fingerprint density at radius 2 is 1.72 bits per heavy atom. The number of thioether (sulfide) groups is 1. The lowest BCUT2D eigenvalue weighted by Gasteiger charge is -2.32. The summed E-state index contributed by atoms with van der Waals surface area (Å²) in [5, 5.41) is 5.69. The number of nitrogens with zero attached hydrogens (tertiary/aromatic N) is 1. The summed E-state index contributed by atoms with van der Waals surface area (Å²) in [7, 11) is 0. The van der Waals surface area contributed by atoms with Crippen molar-refractivity contribution >= 4 is 29.5 Å². The fourth-order valence-electron chi connectivity index (χ4n) is 4.47. The molecule has 3 amide bonds. The molecule has 0 saturated carbocycles. The number of benzene rings is 2. The molecule has 32 heavy (non-hydrogen) atoms. The van der Waals surface area contributed by atoms with Gasteiger partial charge in [-0.25, -0.2) is 0 Å². The standard InChI is InChI=1S/C25H29N3O3S/c1-15(2)19(21(29)26-14-16-10-6-5-7-11-16)27-22(30)20-25(3,4)32-24-18-13-9-8-12-17(18)23(31)28(20)24/h5-13,15,19-20,24H,14H2,1-4H3,(H,26,29)(H,27,30). The molecule has 2 N–H and O–H groups in total. The molecule has 0 radical (unpaired) electrons. The first-order chi connectivity index (χ1) is 15.2. The summed E-state index contributed by atoms with van der Waals surface area (Å²) in [6.45, 7) is 8.17. The van der Waals surface area contributed by atoms with Crippen LogP contribution in [0.3, 0.4) is 0 Å². The molecule has 2 aliphatic rings. The molecule has 4 rings (SSSR count). The van der Waals surface area contributed by atoms with Crippen LogP contribution in [0.1, 0.15) is 54.6 Å². The van der Waals surface area contributed by atoms with E-state index in [9.17, 15) is 14.4 Å². The summed E-state index contributed by atoms with van der Waals surface area (Å²) >= 11 is 1.62. The van der Waals surface area contributed by atoms with Gasteiger partial charge in [-0.05, 0) is 37.0 Å². The highest BCUT2D eigenvalue weighted by atomic mass is 32.2. The van der Waals surface area contributed by atoms with E-state index in [0.717, 1.165) is 11.1 Å². The Morgan fingerprint density at radius 3 is 2.41 bits per heavy atom. The summed E-state index contributed by atoms with van der Waals surface area (Å²) in [6.07, 6.45) is 0. The van der Waals surface area contributed by atoms with Crippen molar-refractivity contribution in [2.45, 2.75) is 56.4 Å². The number of carbonyl (C=O) groups is 3. The summed E-state index contributed by atoms with van der Waals surface area (Å²) in [5.41, 5.74) is 2.59. The van der Waals surface area contributed by atoms with Gasteiger partial charge in [0.05, 0.1) is 0 Å². The van der Waals surface area contributed by atoms with Gasteiger partial charge in [-0.2, -0.15) is 0 Å². The first-order valence-corrected chi connectivity index (χ1v) is 11.8. The summed E-state index contributed by atoms with van der Waals surface area (Å²) in [6, 6.07) is 15.8. The molecule has 2 heterocycles. The van der Waals surface area contributed by atoms with Crippen molar-refractivity contribution in [2.75, 3.05) is 0 Å². The first-order valence-electron chi connectivity index (χ1n) is 10.9. The first kappa shape index (κ1) is 22.4. The second kappa shape index (κ2) is 8.62.